The molecule has 102 valence electrons. The summed E-state index contributed by atoms with van der Waals surface area (Å²) in [5.74, 6) is 1.40. The third-order valence-electron chi connectivity index (χ3n) is 2.98. The van der Waals surface area contributed by atoms with Crippen molar-refractivity contribution >= 4 is 6.08 Å². The maximum Gasteiger partial charge on any atom is 0.141 e. The molecule has 1 aromatic heterocycles. The second-order valence-electron chi connectivity index (χ2n) is 6.22. The van der Waals surface area contributed by atoms with Gasteiger partial charge in [-0.15, -0.1) is 0 Å². The molecule has 1 rings (SSSR count). The lowest BCUT2D eigenvalue weighted by Gasteiger charge is -2.23. The molecular weight excluding hydrogens is 224 g/mol. The van der Waals surface area contributed by atoms with E-state index in [4.69, 9.17) is 4.52 Å². The van der Waals surface area contributed by atoms with Crippen LogP contribution in [0.3, 0.4) is 0 Å². The van der Waals surface area contributed by atoms with Crippen molar-refractivity contribution in [2.75, 3.05) is 6.54 Å². The minimum Gasteiger partial charge on any atom is -0.361 e. The van der Waals surface area contributed by atoms with Gasteiger partial charge in [0, 0.05) is 17.6 Å². The fourth-order valence-corrected chi connectivity index (χ4v) is 1.67. The molecule has 3 heteroatoms. The van der Waals surface area contributed by atoms with Crippen LogP contribution in [0.5, 0.6) is 0 Å². The van der Waals surface area contributed by atoms with E-state index in [-0.39, 0.29) is 5.54 Å². The van der Waals surface area contributed by atoms with Crippen molar-refractivity contribution in [1.29, 1.82) is 0 Å². The number of aryl methyl sites for hydroxylation is 2. The molecule has 0 bridgehead atoms. The maximum atomic E-state index is 5.21. The summed E-state index contributed by atoms with van der Waals surface area (Å²) in [5.41, 5.74) is 3.59. The Bertz CT molecular complexity index is 403. The van der Waals surface area contributed by atoms with Gasteiger partial charge in [0.2, 0.25) is 0 Å². The van der Waals surface area contributed by atoms with E-state index >= 15 is 0 Å². The second kappa shape index (κ2) is 5.70. The number of rotatable bonds is 4. The smallest absolute Gasteiger partial charge is 0.141 e. The van der Waals surface area contributed by atoms with Gasteiger partial charge in [-0.2, -0.15) is 0 Å². The standard InChI is InChI=1S/C15H26N2O/c1-10(2)13(9-16-15(5,6)7)8-14-11(3)17-18-12(14)4/h8,10,16H,9H2,1-7H3. The number of nitrogens with zero attached hydrogens (tertiary/aromatic N) is 1. The van der Waals surface area contributed by atoms with Crippen molar-refractivity contribution in [3.63, 3.8) is 0 Å². The van der Waals surface area contributed by atoms with E-state index in [1.165, 1.54) is 5.57 Å². The van der Waals surface area contributed by atoms with Crippen LogP contribution < -0.4 is 5.32 Å². The van der Waals surface area contributed by atoms with Crippen LogP contribution in [0.25, 0.3) is 6.08 Å². The van der Waals surface area contributed by atoms with Crippen LogP contribution in [0.1, 0.15) is 51.6 Å². The number of hydrogen-bond donors (Lipinski definition) is 1. The van der Waals surface area contributed by atoms with Crippen molar-refractivity contribution in [3.8, 4) is 0 Å². The van der Waals surface area contributed by atoms with Gasteiger partial charge in [-0.3, -0.25) is 0 Å². The predicted octanol–water partition coefficient (Wildman–Crippen LogP) is 3.72. The number of hydrogen-bond acceptors (Lipinski definition) is 3. The Morgan fingerprint density at radius 2 is 1.94 bits per heavy atom. The molecule has 0 spiro atoms. The average molecular weight is 250 g/mol. The lowest BCUT2D eigenvalue weighted by Crippen LogP contribution is -2.37. The summed E-state index contributed by atoms with van der Waals surface area (Å²) in [5, 5.41) is 7.53. The zero-order valence-corrected chi connectivity index (χ0v) is 12.7. The van der Waals surface area contributed by atoms with Crippen molar-refractivity contribution in [1.82, 2.24) is 10.5 Å². The highest BCUT2D eigenvalue weighted by Gasteiger charge is 2.13. The molecule has 0 aliphatic carbocycles. The highest BCUT2D eigenvalue weighted by molar-refractivity contribution is 5.57. The van der Waals surface area contributed by atoms with E-state index in [2.05, 4.69) is 51.2 Å². The van der Waals surface area contributed by atoms with Crippen LogP contribution >= 0.6 is 0 Å². The first-order valence-corrected chi connectivity index (χ1v) is 6.59. The molecular formula is C15H26N2O. The van der Waals surface area contributed by atoms with E-state index in [0.29, 0.717) is 5.92 Å². The molecule has 0 unspecified atom stereocenters. The van der Waals surface area contributed by atoms with Crippen LogP contribution in [0, 0.1) is 19.8 Å². The van der Waals surface area contributed by atoms with E-state index in [1.807, 2.05) is 13.8 Å². The van der Waals surface area contributed by atoms with Crippen molar-refractivity contribution in [2.45, 2.75) is 54.0 Å². The SMILES string of the molecule is Cc1noc(C)c1C=C(CNC(C)(C)C)C(C)C. The zero-order chi connectivity index (χ0) is 13.9. The molecule has 0 aromatic carbocycles. The van der Waals surface area contributed by atoms with Crippen LogP contribution in [0.2, 0.25) is 0 Å². The fourth-order valence-electron chi connectivity index (χ4n) is 1.67. The fraction of sp³-hybridized carbons (Fsp3) is 0.667. The molecule has 0 atom stereocenters. The number of aromatic nitrogens is 1. The van der Waals surface area contributed by atoms with Crippen LogP contribution in [-0.2, 0) is 0 Å². The van der Waals surface area contributed by atoms with Gasteiger partial charge in [0.05, 0.1) is 5.69 Å². The van der Waals surface area contributed by atoms with Crippen molar-refractivity contribution < 1.29 is 4.52 Å². The van der Waals surface area contributed by atoms with Gasteiger partial charge >= 0.3 is 0 Å². The Morgan fingerprint density at radius 3 is 2.33 bits per heavy atom. The minimum atomic E-state index is 0.132. The third-order valence-corrected chi connectivity index (χ3v) is 2.98. The van der Waals surface area contributed by atoms with E-state index < -0.39 is 0 Å². The Balaban J connectivity index is 2.92. The maximum absolute atomic E-state index is 5.21. The summed E-state index contributed by atoms with van der Waals surface area (Å²) < 4.78 is 5.21. The van der Waals surface area contributed by atoms with E-state index in [9.17, 15) is 0 Å². The van der Waals surface area contributed by atoms with Crippen LogP contribution in [-0.4, -0.2) is 17.2 Å². The van der Waals surface area contributed by atoms with Gasteiger partial charge in [0.15, 0.2) is 0 Å². The van der Waals surface area contributed by atoms with Gasteiger partial charge in [0.25, 0.3) is 0 Å². The molecule has 3 nitrogen and oxygen atoms in total. The lowest BCUT2D eigenvalue weighted by molar-refractivity contribution is 0.393. The first-order chi connectivity index (χ1) is 8.20. The monoisotopic (exact) mass is 250 g/mol. The van der Waals surface area contributed by atoms with Crippen LogP contribution in [0.4, 0.5) is 0 Å². The zero-order valence-electron chi connectivity index (χ0n) is 12.7. The summed E-state index contributed by atoms with van der Waals surface area (Å²) in [6, 6.07) is 0. The third kappa shape index (κ3) is 4.30. The van der Waals surface area contributed by atoms with E-state index in [1.54, 1.807) is 0 Å². The first-order valence-electron chi connectivity index (χ1n) is 6.59. The van der Waals surface area contributed by atoms with Gasteiger partial charge in [-0.25, -0.2) is 0 Å². The Kier molecular flexibility index (Phi) is 4.74. The predicted molar refractivity (Wildman–Crippen MR) is 76.5 cm³/mol. The quantitative estimate of drug-likeness (QED) is 0.885. The summed E-state index contributed by atoms with van der Waals surface area (Å²) in [4.78, 5) is 0. The summed E-state index contributed by atoms with van der Waals surface area (Å²) in [6.45, 7) is 15.8. The molecule has 0 aliphatic rings. The number of nitrogens with one attached hydrogen (secondary N) is 1. The summed E-state index contributed by atoms with van der Waals surface area (Å²) in [6.07, 6.45) is 2.21. The Morgan fingerprint density at radius 1 is 1.33 bits per heavy atom. The molecule has 0 fully saturated rings. The van der Waals surface area contributed by atoms with E-state index in [0.717, 1.165) is 23.6 Å². The highest BCUT2D eigenvalue weighted by atomic mass is 16.5. The normalized spacial score (nSPS) is 13.4. The summed E-state index contributed by atoms with van der Waals surface area (Å²) >= 11 is 0. The Hall–Kier alpha value is -1.09. The topological polar surface area (TPSA) is 38.1 Å². The molecule has 0 saturated heterocycles. The molecule has 0 aliphatic heterocycles. The molecule has 1 N–H and O–H groups in total. The first kappa shape index (κ1) is 15.0. The van der Waals surface area contributed by atoms with Crippen molar-refractivity contribution in [2.24, 2.45) is 5.92 Å². The largest absolute Gasteiger partial charge is 0.361 e. The van der Waals surface area contributed by atoms with Crippen LogP contribution in [0.15, 0.2) is 10.1 Å². The van der Waals surface area contributed by atoms with Crippen molar-refractivity contribution in [3.05, 3.63) is 22.6 Å². The Labute approximate surface area is 111 Å². The second-order valence-corrected chi connectivity index (χ2v) is 6.22. The molecule has 0 amide bonds. The average Bonchev–Trinajstić information content (AvgIpc) is 2.52. The molecule has 1 heterocycles. The molecule has 18 heavy (non-hydrogen) atoms. The van der Waals surface area contributed by atoms with Gasteiger partial charge in [0.1, 0.15) is 5.76 Å². The lowest BCUT2D eigenvalue weighted by atomic mass is 9.98. The molecule has 0 radical (unpaired) electrons. The van der Waals surface area contributed by atoms with Gasteiger partial charge in [-0.05, 0) is 46.6 Å². The minimum absolute atomic E-state index is 0.132. The molecule has 0 saturated carbocycles. The van der Waals surface area contributed by atoms with Gasteiger partial charge in [-0.1, -0.05) is 24.6 Å². The van der Waals surface area contributed by atoms with Gasteiger partial charge < -0.3 is 9.84 Å². The molecule has 1 aromatic rings. The highest BCUT2D eigenvalue weighted by Crippen LogP contribution is 2.20. The summed E-state index contributed by atoms with van der Waals surface area (Å²) in [7, 11) is 0.